The summed E-state index contributed by atoms with van der Waals surface area (Å²) in [7, 11) is 1.21. The van der Waals surface area contributed by atoms with Crippen molar-refractivity contribution < 1.29 is 23.9 Å². The molecule has 0 bridgehead atoms. The van der Waals surface area contributed by atoms with Gasteiger partial charge in [-0.15, -0.1) is 0 Å². The molecule has 2 rings (SSSR count). The van der Waals surface area contributed by atoms with Crippen LogP contribution in [0.2, 0.25) is 0 Å². The number of ether oxygens (including phenoxy) is 2. The lowest BCUT2D eigenvalue weighted by Gasteiger charge is -2.29. The van der Waals surface area contributed by atoms with E-state index in [0.29, 0.717) is 0 Å². The molecule has 0 spiro atoms. The number of hydrazine groups is 1. The minimum Gasteiger partial charge on any atom is -0.467 e. The summed E-state index contributed by atoms with van der Waals surface area (Å²) in [4.78, 5) is 37.8. The maximum atomic E-state index is 12.9. The van der Waals surface area contributed by atoms with Crippen LogP contribution in [0.25, 0.3) is 0 Å². The fourth-order valence-corrected chi connectivity index (χ4v) is 2.95. The molecule has 7 heteroatoms. The molecule has 2 N–H and O–H groups in total. The van der Waals surface area contributed by atoms with Crippen molar-refractivity contribution in [3.63, 3.8) is 0 Å². The average molecular weight is 348 g/mol. The van der Waals surface area contributed by atoms with Crippen molar-refractivity contribution in [1.29, 1.82) is 0 Å². The van der Waals surface area contributed by atoms with Crippen LogP contribution in [-0.2, 0) is 30.3 Å². The van der Waals surface area contributed by atoms with Crippen LogP contribution < -0.4 is 5.84 Å². The first-order valence-electron chi connectivity index (χ1n) is 8.04. The third-order valence-corrected chi connectivity index (χ3v) is 4.13. The van der Waals surface area contributed by atoms with Crippen LogP contribution in [0.1, 0.15) is 32.8 Å². The number of carbonyl (C=O) groups excluding carboxylic acids is 3. The Labute approximate surface area is 147 Å². The Hall–Kier alpha value is -2.41. The lowest BCUT2D eigenvalue weighted by Crippen LogP contribution is -2.48. The zero-order chi connectivity index (χ0) is 18.8. The lowest BCUT2D eigenvalue weighted by molar-refractivity contribution is -0.171. The smallest absolute Gasteiger partial charge is 0.330 e. The number of rotatable bonds is 4. The van der Waals surface area contributed by atoms with Gasteiger partial charge in [-0.05, 0) is 32.8 Å². The Morgan fingerprint density at radius 2 is 1.88 bits per heavy atom. The summed E-state index contributed by atoms with van der Waals surface area (Å²) in [6.07, 6.45) is 0.0155. The van der Waals surface area contributed by atoms with Crippen molar-refractivity contribution in [3.05, 3.63) is 35.9 Å². The molecule has 0 radical (unpaired) electrons. The molecule has 1 amide bonds. The zero-order valence-corrected chi connectivity index (χ0v) is 14.9. The van der Waals surface area contributed by atoms with Gasteiger partial charge in [0.2, 0.25) is 0 Å². The Morgan fingerprint density at radius 3 is 2.40 bits per heavy atom. The molecule has 2 atom stereocenters. The molecular formula is C18H24N2O5. The van der Waals surface area contributed by atoms with Gasteiger partial charge < -0.3 is 9.47 Å². The molecule has 1 aromatic carbocycles. The molecule has 0 unspecified atom stereocenters. The van der Waals surface area contributed by atoms with Gasteiger partial charge in [0.05, 0.1) is 7.11 Å². The SMILES string of the molecule is COC(=O)[C@H]1C[C@](Cc2ccccc2)(C(=O)OC(C)(C)C)C(=O)N1N. The van der Waals surface area contributed by atoms with Crippen molar-refractivity contribution in [3.8, 4) is 0 Å². The maximum absolute atomic E-state index is 12.9. The third kappa shape index (κ3) is 3.82. The van der Waals surface area contributed by atoms with Crippen molar-refractivity contribution in [2.45, 2.75) is 45.3 Å². The molecule has 0 aromatic heterocycles. The summed E-state index contributed by atoms with van der Waals surface area (Å²) in [5, 5.41) is 0.790. The number of hydrogen-bond acceptors (Lipinski definition) is 6. The molecule has 1 heterocycles. The average Bonchev–Trinajstić information content (AvgIpc) is 2.80. The molecule has 1 aliphatic heterocycles. The zero-order valence-electron chi connectivity index (χ0n) is 14.9. The van der Waals surface area contributed by atoms with Gasteiger partial charge in [0.1, 0.15) is 11.6 Å². The van der Waals surface area contributed by atoms with E-state index in [1.807, 2.05) is 30.3 Å². The van der Waals surface area contributed by atoms with E-state index in [2.05, 4.69) is 0 Å². The first kappa shape index (κ1) is 18.9. The number of methoxy groups -OCH3 is 1. The predicted octanol–water partition coefficient (Wildman–Crippen LogP) is 1.20. The van der Waals surface area contributed by atoms with Crippen molar-refractivity contribution in [1.82, 2.24) is 5.01 Å². The van der Waals surface area contributed by atoms with Crippen LogP contribution in [-0.4, -0.2) is 41.6 Å². The first-order valence-corrected chi connectivity index (χ1v) is 8.04. The standard InChI is InChI=1S/C18H24N2O5/c1-17(2,3)25-16(23)18(10-12-8-6-5-7-9-12)11-13(14(21)24-4)20(19)15(18)22/h5-9,13H,10-11,19H2,1-4H3/t13-,18+/m1/s1. The van der Waals surface area contributed by atoms with E-state index in [0.717, 1.165) is 10.6 Å². The lowest BCUT2D eigenvalue weighted by atomic mass is 9.78. The van der Waals surface area contributed by atoms with Crippen LogP contribution in [0.3, 0.4) is 0 Å². The van der Waals surface area contributed by atoms with E-state index in [1.165, 1.54) is 7.11 Å². The molecule has 7 nitrogen and oxygen atoms in total. The third-order valence-electron chi connectivity index (χ3n) is 4.13. The first-order chi connectivity index (χ1) is 11.6. The summed E-state index contributed by atoms with van der Waals surface area (Å²) in [5.74, 6) is 3.82. The quantitative estimate of drug-likeness (QED) is 0.380. The normalized spacial score (nSPS) is 23.5. The molecule has 136 valence electrons. The van der Waals surface area contributed by atoms with Crippen LogP contribution in [0.5, 0.6) is 0 Å². The van der Waals surface area contributed by atoms with Gasteiger partial charge in [-0.3, -0.25) is 14.6 Å². The number of nitrogens with zero attached hydrogens (tertiary/aromatic N) is 1. The van der Waals surface area contributed by atoms with E-state index in [4.69, 9.17) is 15.3 Å². The molecule has 1 aliphatic rings. The number of benzene rings is 1. The highest BCUT2D eigenvalue weighted by Crippen LogP contribution is 2.40. The van der Waals surface area contributed by atoms with Crippen LogP contribution >= 0.6 is 0 Å². The topological polar surface area (TPSA) is 98.9 Å². The van der Waals surface area contributed by atoms with Crippen LogP contribution in [0.15, 0.2) is 30.3 Å². The molecule has 1 saturated heterocycles. The van der Waals surface area contributed by atoms with E-state index in [1.54, 1.807) is 20.8 Å². The van der Waals surface area contributed by atoms with Gasteiger partial charge in [0.15, 0.2) is 5.41 Å². The maximum Gasteiger partial charge on any atom is 0.330 e. The van der Waals surface area contributed by atoms with Gasteiger partial charge in [-0.25, -0.2) is 10.6 Å². The number of hydrogen-bond donors (Lipinski definition) is 1. The Bertz CT molecular complexity index is 668. The molecular weight excluding hydrogens is 324 g/mol. The monoisotopic (exact) mass is 348 g/mol. The fraction of sp³-hybridized carbons (Fsp3) is 0.500. The summed E-state index contributed by atoms with van der Waals surface area (Å²) >= 11 is 0. The number of nitrogens with two attached hydrogens (primary N) is 1. The number of amides is 1. The van der Waals surface area contributed by atoms with Crippen molar-refractivity contribution >= 4 is 17.8 Å². The van der Waals surface area contributed by atoms with Crippen LogP contribution in [0, 0.1) is 5.41 Å². The Balaban J connectivity index is 2.44. The summed E-state index contributed by atoms with van der Waals surface area (Å²) in [6.45, 7) is 5.16. The number of esters is 2. The Kier molecular flexibility index (Phi) is 5.17. The molecule has 1 fully saturated rings. The van der Waals surface area contributed by atoms with Gasteiger partial charge in [0, 0.05) is 6.42 Å². The molecule has 1 aromatic rings. The summed E-state index contributed by atoms with van der Waals surface area (Å²) < 4.78 is 10.2. The second-order valence-corrected chi connectivity index (χ2v) is 7.20. The van der Waals surface area contributed by atoms with Crippen molar-refractivity contribution in [2.24, 2.45) is 11.3 Å². The molecule has 0 aliphatic carbocycles. The van der Waals surface area contributed by atoms with Gasteiger partial charge in [-0.2, -0.15) is 0 Å². The van der Waals surface area contributed by atoms with Gasteiger partial charge in [0.25, 0.3) is 5.91 Å². The summed E-state index contributed by atoms with van der Waals surface area (Å²) in [6, 6.07) is 8.07. The van der Waals surface area contributed by atoms with E-state index >= 15 is 0 Å². The number of carbonyl (C=O) groups is 3. The summed E-state index contributed by atoms with van der Waals surface area (Å²) in [5.41, 5.74) is -1.55. The minimum atomic E-state index is -1.55. The van der Waals surface area contributed by atoms with Gasteiger partial charge >= 0.3 is 11.9 Å². The molecule has 0 saturated carbocycles. The Morgan fingerprint density at radius 1 is 1.28 bits per heavy atom. The van der Waals surface area contributed by atoms with E-state index < -0.39 is 34.9 Å². The van der Waals surface area contributed by atoms with E-state index in [-0.39, 0.29) is 12.8 Å². The highest BCUT2D eigenvalue weighted by molar-refractivity contribution is 6.07. The predicted molar refractivity (Wildman–Crippen MR) is 89.9 cm³/mol. The molecule has 25 heavy (non-hydrogen) atoms. The second kappa shape index (κ2) is 6.84. The second-order valence-electron chi connectivity index (χ2n) is 7.20. The highest BCUT2D eigenvalue weighted by atomic mass is 16.6. The van der Waals surface area contributed by atoms with Crippen molar-refractivity contribution in [2.75, 3.05) is 7.11 Å². The minimum absolute atomic E-state index is 0.0845. The largest absolute Gasteiger partial charge is 0.467 e. The fourth-order valence-electron chi connectivity index (χ4n) is 2.95. The highest BCUT2D eigenvalue weighted by Gasteiger charge is 2.59. The van der Waals surface area contributed by atoms with Gasteiger partial charge in [-0.1, -0.05) is 30.3 Å². The van der Waals surface area contributed by atoms with Crippen LogP contribution in [0.4, 0.5) is 0 Å². The van der Waals surface area contributed by atoms with E-state index in [9.17, 15) is 14.4 Å².